The summed E-state index contributed by atoms with van der Waals surface area (Å²) in [4.78, 5) is 12.4. The van der Waals surface area contributed by atoms with Gasteiger partial charge in [-0.2, -0.15) is 0 Å². The van der Waals surface area contributed by atoms with Crippen molar-refractivity contribution in [3.8, 4) is 0 Å². The lowest BCUT2D eigenvalue weighted by atomic mass is 9.46. The molecular formula is C20H34O4. The van der Waals surface area contributed by atoms with Crippen LogP contribution in [0.4, 0.5) is 0 Å². The first kappa shape index (κ1) is 19.6. The van der Waals surface area contributed by atoms with Crippen molar-refractivity contribution in [2.75, 3.05) is 6.61 Å². The third-order valence-corrected chi connectivity index (χ3v) is 7.15. The van der Waals surface area contributed by atoms with Crippen LogP contribution < -0.4 is 0 Å². The lowest BCUT2D eigenvalue weighted by Gasteiger charge is -2.57. The SMILES string of the molecule is C=C1CCC2C(C)(C)C(=O)CCC2(C)C1CCC(C)(O)C(O)CO. The van der Waals surface area contributed by atoms with Gasteiger partial charge in [0.15, 0.2) is 0 Å². The molecule has 0 saturated heterocycles. The number of carbonyl (C=O) groups is 1. The maximum atomic E-state index is 12.4. The Morgan fingerprint density at radius 2 is 1.96 bits per heavy atom. The summed E-state index contributed by atoms with van der Waals surface area (Å²) in [6.07, 6.45) is 3.40. The molecule has 2 fully saturated rings. The van der Waals surface area contributed by atoms with Gasteiger partial charge in [0.25, 0.3) is 0 Å². The van der Waals surface area contributed by atoms with E-state index in [-0.39, 0.29) is 16.7 Å². The molecule has 0 amide bonds. The predicted molar refractivity (Wildman–Crippen MR) is 94.4 cm³/mol. The van der Waals surface area contributed by atoms with Gasteiger partial charge in [-0.3, -0.25) is 4.79 Å². The first-order valence-electron chi connectivity index (χ1n) is 9.19. The van der Waals surface area contributed by atoms with Crippen molar-refractivity contribution in [3.63, 3.8) is 0 Å². The highest BCUT2D eigenvalue weighted by molar-refractivity contribution is 5.85. The Hall–Kier alpha value is -0.710. The molecule has 0 spiro atoms. The molecule has 0 bridgehead atoms. The summed E-state index contributed by atoms with van der Waals surface area (Å²) < 4.78 is 0. The van der Waals surface area contributed by atoms with Crippen molar-refractivity contribution in [1.29, 1.82) is 0 Å². The molecule has 0 aromatic rings. The second-order valence-corrected chi connectivity index (χ2v) is 9.05. The van der Waals surface area contributed by atoms with E-state index in [4.69, 9.17) is 5.11 Å². The number of hydrogen-bond acceptors (Lipinski definition) is 4. The first-order valence-corrected chi connectivity index (χ1v) is 9.19. The molecule has 138 valence electrons. The smallest absolute Gasteiger partial charge is 0.138 e. The monoisotopic (exact) mass is 338 g/mol. The van der Waals surface area contributed by atoms with E-state index in [1.807, 2.05) is 0 Å². The fourth-order valence-corrected chi connectivity index (χ4v) is 5.31. The van der Waals surface area contributed by atoms with Gasteiger partial charge in [0.1, 0.15) is 11.9 Å². The average Bonchev–Trinajstić information content (AvgIpc) is 2.49. The predicted octanol–water partition coefficient (Wildman–Crippen LogP) is 2.85. The molecule has 24 heavy (non-hydrogen) atoms. The zero-order chi connectivity index (χ0) is 18.3. The van der Waals surface area contributed by atoms with Crippen molar-refractivity contribution in [1.82, 2.24) is 0 Å². The summed E-state index contributed by atoms with van der Waals surface area (Å²) in [5.41, 5.74) is -0.405. The average molecular weight is 338 g/mol. The summed E-state index contributed by atoms with van der Waals surface area (Å²) >= 11 is 0. The van der Waals surface area contributed by atoms with E-state index in [0.29, 0.717) is 24.5 Å². The molecule has 2 aliphatic carbocycles. The van der Waals surface area contributed by atoms with Crippen LogP contribution in [0.5, 0.6) is 0 Å². The highest BCUT2D eigenvalue weighted by Gasteiger charge is 2.56. The summed E-state index contributed by atoms with van der Waals surface area (Å²) in [6, 6.07) is 0. The first-order chi connectivity index (χ1) is 11.0. The Kier molecular flexibility index (Phi) is 5.35. The number of aliphatic hydroxyl groups excluding tert-OH is 2. The molecule has 0 aromatic heterocycles. The lowest BCUT2D eigenvalue weighted by molar-refractivity contribution is -0.146. The van der Waals surface area contributed by atoms with Crippen LogP contribution in [0, 0.1) is 22.7 Å². The van der Waals surface area contributed by atoms with Gasteiger partial charge >= 0.3 is 0 Å². The molecule has 2 aliphatic rings. The van der Waals surface area contributed by atoms with Gasteiger partial charge < -0.3 is 15.3 Å². The maximum absolute atomic E-state index is 12.4. The van der Waals surface area contributed by atoms with Crippen LogP contribution in [0.1, 0.15) is 66.2 Å². The van der Waals surface area contributed by atoms with Crippen LogP contribution in [-0.4, -0.2) is 39.4 Å². The largest absolute Gasteiger partial charge is 0.394 e. The molecule has 2 rings (SSSR count). The minimum atomic E-state index is -1.31. The van der Waals surface area contributed by atoms with E-state index in [1.165, 1.54) is 5.57 Å². The topological polar surface area (TPSA) is 77.8 Å². The second-order valence-electron chi connectivity index (χ2n) is 9.05. The van der Waals surface area contributed by atoms with Gasteiger partial charge in [-0.05, 0) is 56.3 Å². The molecule has 5 atom stereocenters. The minimum Gasteiger partial charge on any atom is -0.394 e. The van der Waals surface area contributed by atoms with Gasteiger partial charge in [-0.1, -0.05) is 32.9 Å². The normalized spacial score (nSPS) is 36.8. The number of allylic oxidation sites excluding steroid dienone is 1. The van der Waals surface area contributed by atoms with Gasteiger partial charge in [0.2, 0.25) is 0 Å². The van der Waals surface area contributed by atoms with Crippen molar-refractivity contribution >= 4 is 5.78 Å². The minimum absolute atomic E-state index is 0.00693. The second kappa shape index (κ2) is 6.54. The molecule has 4 nitrogen and oxygen atoms in total. The Morgan fingerprint density at radius 3 is 2.54 bits per heavy atom. The molecular weight excluding hydrogens is 304 g/mol. The number of carbonyl (C=O) groups excluding carboxylic acids is 1. The molecule has 0 heterocycles. The van der Waals surface area contributed by atoms with Crippen molar-refractivity contribution in [3.05, 3.63) is 12.2 Å². The van der Waals surface area contributed by atoms with Crippen molar-refractivity contribution in [2.45, 2.75) is 77.9 Å². The molecule has 0 aromatic carbocycles. The summed E-state index contributed by atoms with van der Waals surface area (Å²) in [6.45, 7) is 11.8. The number of ketones is 1. The maximum Gasteiger partial charge on any atom is 0.138 e. The Labute approximate surface area is 146 Å². The van der Waals surface area contributed by atoms with E-state index in [2.05, 4.69) is 27.4 Å². The number of Topliss-reactive ketones (excluding diaryl/α,β-unsaturated/α-hetero) is 1. The van der Waals surface area contributed by atoms with E-state index in [0.717, 1.165) is 25.7 Å². The standard InChI is InChI=1S/C20H34O4/c1-13-6-7-15-18(2,3)16(22)9-10-19(15,4)14(13)8-11-20(5,24)17(23)12-21/h14-15,17,21,23-24H,1,6-12H2,2-5H3. The van der Waals surface area contributed by atoms with E-state index >= 15 is 0 Å². The van der Waals surface area contributed by atoms with E-state index in [9.17, 15) is 15.0 Å². The lowest BCUT2D eigenvalue weighted by Crippen LogP contribution is -2.53. The van der Waals surface area contributed by atoms with Crippen LogP contribution in [0.25, 0.3) is 0 Å². The molecule has 0 radical (unpaired) electrons. The number of rotatable bonds is 5. The van der Waals surface area contributed by atoms with Crippen LogP contribution in [0.2, 0.25) is 0 Å². The fraction of sp³-hybridized carbons (Fsp3) is 0.850. The zero-order valence-electron chi connectivity index (χ0n) is 15.6. The zero-order valence-corrected chi connectivity index (χ0v) is 15.6. The molecule has 0 aliphatic heterocycles. The number of fused-ring (bicyclic) bond motifs is 1. The summed E-state index contributed by atoms with van der Waals surface area (Å²) in [5, 5.41) is 29.4. The summed E-state index contributed by atoms with van der Waals surface area (Å²) in [7, 11) is 0. The number of aliphatic hydroxyl groups is 3. The van der Waals surface area contributed by atoms with Crippen LogP contribution in [0.3, 0.4) is 0 Å². The van der Waals surface area contributed by atoms with Crippen LogP contribution in [0.15, 0.2) is 12.2 Å². The fourth-order valence-electron chi connectivity index (χ4n) is 5.31. The van der Waals surface area contributed by atoms with Gasteiger partial charge in [0, 0.05) is 11.8 Å². The molecule has 5 unspecified atom stereocenters. The Bertz CT molecular complexity index is 508. The quantitative estimate of drug-likeness (QED) is 0.674. The summed E-state index contributed by atoms with van der Waals surface area (Å²) in [5.74, 6) is 0.925. The molecule has 2 saturated carbocycles. The van der Waals surface area contributed by atoms with Gasteiger partial charge in [-0.25, -0.2) is 0 Å². The highest BCUT2D eigenvalue weighted by Crippen LogP contribution is 2.60. The van der Waals surface area contributed by atoms with Crippen LogP contribution in [-0.2, 0) is 4.79 Å². The highest BCUT2D eigenvalue weighted by atomic mass is 16.4. The number of hydrogen-bond donors (Lipinski definition) is 3. The van der Waals surface area contributed by atoms with E-state index < -0.39 is 18.3 Å². The van der Waals surface area contributed by atoms with Crippen LogP contribution >= 0.6 is 0 Å². The van der Waals surface area contributed by atoms with Crippen molar-refractivity contribution in [2.24, 2.45) is 22.7 Å². The van der Waals surface area contributed by atoms with Crippen molar-refractivity contribution < 1.29 is 20.1 Å². The molecule has 4 heteroatoms. The van der Waals surface area contributed by atoms with E-state index in [1.54, 1.807) is 6.92 Å². The van der Waals surface area contributed by atoms with Gasteiger partial charge in [-0.15, -0.1) is 0 Å². The Morgan fingerprint density at radius 1 is 1.33 bits per heavy atom. The molecule has 3 N–H and O–H groups in total. The van der Waals surface area contributed by atoms with Gasteiger partial charge in [0.05, 0.1) is 12.2 Å². The third-order valence-electron chi connectivity index (χ3n) is 7.15. The third kappa shape index (κ3) is 3.21. The Balaban J connectivity index is 2.22.